The van der Waals surface area contributed by atoms with E-state index < -0.39 is 0 Å². The summed E-state index contributed by atoms with van der Waals surface area (Å²) in [5.41, 5.74) is 7.76. The molecular formula is C9H9N3O. The molecule has 13 heavy (non-hydrogen) atoms. The topological polar surface area (TPSA) is 77.1 Å². The maximum Gasteiger partial charge on any atom is 0.173 e. The van der Waals surface area contributed by atoms with E-state index in [0.717, 1.165) is 0 Å². The van der Waals surface area contributed by atoms with Crippen molar-refractivity contribution in [3.05, 3.63) is 35.4 Å². The van der Waals surface area contributed by atoms with Gasteiger partial charge in [-0.05, 0) is 6.92 Å². The number of carbonyl (C=O) groups excluding carboxylic acids is 1. The fourth-order valence-corrected chi connectivity index (χ4v) is 0.927. The van der Waals surface area contributed by atoms with Gasteiger partial charge in [-0.25, -0.2) is 5.53 Å². The Morgan fingerprint density at radius 1 is 1.23 bits per heavy atom. The summed E-state index contributed by atoms with van der Waals surface area (Å²) in [5.74, 6) is -0.115. The minimum Gasteiger partial charge on any atom is -0.295 e. The van der Waals surface area contributed by atoms with E-state index in [1.807, 2.05) is 0 Å². The van der Waals surface area contributed by atoms with E-state index in [2.05, 4.69) is 5.11 Å². The second kappa shape index (κ2) is 3.71. The molecule has 0 amide bonds. The zero-order valence-electron chi connectivity index (χ0n) is 7.16. The van der Waals surface area contributed by atoms with E-state index in [-0.39, 0.29) is 11.6 Å². The second-order valence-electron chi connectivity index (χ2n) is 2.59. The van der Waals surface area contributed by atoms with Gasteiger partial charge in [0.15, 0.2) is 11.6 Å². The molecule has 66 valence electrons. The van der Waals surface area contributed by atoms with Crippen LogP contribution in [0.5, 0.6) is 0 Å². The Morgan fingerprint density at radius 2 is 1.69 bits per heavy atom. The molecule has 0 fully saturated rings. The van der Waals surface area contributed by atoms with Crippen molar-refractivity contribution in [2.24, 2.45) is 5.11 Å². The highest BCUT2D eigenvalue weighted by Crippen LogP contribution is 2.06. The maximum absolute atomic E-state index is 10.9. The lowest BCUT2D eigenvalue weighted by Gasteiger charge is -1.97. The van der Waals surface area contributed by atoms with Crippen molar-refractivity contribution in [3.8, 4) is 0 Å². The molecule has 1 aromatic carbocycles. The van der Waals surface area contributed by atoms with Crippen LogP contribution in [0.1, 0.15) is 22.8 Å². The van der Waals surface area contributed by atoms with Crippen LogP contribution in [0.15, 0.2) is 29.4 Å². The van der Waals surface area contributed by atoms with Crippen LogP contribution in [0.3, 0.4) is 0 Å². The number of benzene rings is 1. The van der Waals surface area contributed by atoms with Crippen LogP contribution in [-0.4, -0.2) is 11.6 Å². The monoisotopic (exact) mass is 175 g/mol. The molecule has 0 aliphatic heterocycles. The lowest BCUT2D eigenvalue weighted by Crippen LogP contribution is -1.96. The maximum atomic E-state index is 10.9. The van der Waals surface area contributed by atoms with Crippen LogP contribution in [0.4, 0.5) is 0 Å². The van der Waals surface area contributed by atoms with Crippen LogP contribution in [0, 0.1) is 10.9 Å². The Bertz CT molecular complexity index is 354. The Balaban J connectivity index is 3.00. The van der Waals surface area contributed by atoms with Gasteiger partial charge in [0.25, 0.3) is 0 Å². The molecule has 0 spiro atoms. The number of nitrogens with one attached hydrogen (secondary N) is 2. The molecule has 2 N–H and O–H groups in total. The molecule has 0 heterocycles. The van der Waals surface area contributed by atoms with Gasteiger partial charge in [0.05, 0.1) is 0 Å². The number of Topliss-reactive ketones (excluding diaryl/α,β-unsaturated/α-hetero) is 1. The molecular weight excluding hydrogens is 166 g/mol. The third-order valence-corrected chi connectivity index (χ3v) is 1.68. The third-order valence-electron chi connectivity index (χ3n) is 1.68. The van der Waals surface area contributed by atoms with Gasteiger partial charge in [-0.1, -0.05) is 24.3 Å². The van der Waals surface area contributed by atoms with E-state index in [1.54, 1.807) is 24.3 Å². The van der Waals surface area contributed by atoms with Crippen molar-refractivity contribution in [1.29, 1.82) is 10.9 Å². The third kappa shape index (κ3) is 2.05. The lowest BCUT2D eigenvalue weighted by molar-refractivity contribution is 0.101. The average Bonchev–Trinajstić information content (AvgIpc) is 2.17. The van der Waals surface area contributed by atoms with Gasteiger partial charge in [-0.15, -0.1) is 5.11 Å². The van der Waals surface area contributed by atoms with E-state index >= 15 is 0 Å². The fourth-order valence-electron chi connectivity index (χ4n) is 0.927. The first-order chi connectivity index (χ1) is 6.15. The Morgan fingerprint density at radius 3 is 2.08 bits per heavy atom. The molecule has 4 nitrogen and oxygen atoms in total. The predicted molar refractivity (Wildman–Crippen MR) is 48.4 cm³/mol. The van der Waals surface area contributed by atoms with Crippen molar-refractivity contribution >= 4 is 11.6 Å². The highest BCUT2D eigenvalue weighted by atomic mass is 16.1. The molecule has 0 saturated carbocycles. The zero-order chi connectivity index (χ0) is 9.84. The van der Waals surface area contributed by atoms with Crippen LogP contribution in [0.2, 0.25) is 0 Å². The number of carbonyl (C=O) groups is 1. The summed E-state index contributed by atoms with van der Waals surface area (Å²) < 4.78 is 0. The predicted octanol–water partition coefficient (Wildman–Crippen LogP) is 2.25. The van der Waals surface area contributed by atoms with Crippen molar-refractivity contribution in [2.45, 2.75) is 6.92 Å². The molecule has 1 rings (SSSR count). The van der Waals surface area contributed by atoms with Gasteiger partial charge in [-0.3, -0.25) is 10.2 Å². The molecule has 0 saturated heterocycles. The van der Waals surface area contributed by atoms with Gasteiger partial charge < -0.3 is 0 Å². The quantitative estimate of drug-likeness (QED) is 0.307. The molecule has 0 unspecified atom stereocenters. The van der Waals surface area contributed by atoms with E-state index in [4.69, 9.17) is 10.9 Å². The molecule has 0 radical (unpaired) electrons. The average molecular weight is 175 g/mol. The standard InChI is InChI=1S/C9H9N3O/c1-6(13)7-2-4-8(5-3-7)9(10)12-11/h2-5,10-11H,1H3. The SMILES string of the molecule is CC(=O)c1ccc(C(=N)N=N)cc1. The normalized spacial score (nSPS) is 9.31. The first-order valence-electron chi connectivity index (χ1n) is 3.72. The number of rotatable bonds is 2. The van der Waals surface area contributed by atoms with Gasteiger partial charge in [0, 0.05) is 11.1 Å². The summed E-state index contributed by atoms with van der Waals surface area (Å²) in [4.78, 5) is 10.9. The minimum atomic E-state index is -0.102. The molecule has 0 bridgehead atoms. The van der Waals surface area contributed by atoms with Gasteiger partial charge in [0.1, 0.15) is 0 Å². The van der Waals surface area contributed by atoms with E-state index in [1.165, 1.54) is 6.92 Å². The Labute approximate surface area is 75.6 Å². The summed E-state index contributed by atoms with van der Waals surface area (Å²) in [7, 11) is 0. The van der Waals surface area contributed by atoms with Gasteiger partial charge in [-0.2, -0.15) is 0 Å². The number of ketones is 1. The van der Waals surface area contributed by atoms with Gasteiger partial charge >= 0.3 is 0 Å². The largest absolute Gasteiger partial charge is 0.295 e. The first kappa shape index (κ1) is 9.25. The van der Waals surface area contributed by atoms with Crippen LogP contribution >= 0.6 is 0 Å². The highest BCUT2D eigenvalue weighted by molar-refractivity contribution is 5.98. The molecule has 0 aromatic heterocycles. The van der Waals surface area contributed by atoms with Crippen LogP contribution < -0.4 is 0 Å². The molecule has 0 aliphatic rings. The summed E-state index contributed by atoms with van der Waals surface area (Å²) in [6, 6.07) is 6.46. The Kier molecular flexibility index (Phi) is 2.64. The van der Waals surface area contributed by atoms with Crippen LogP contribution in [0.25, 0.3) is 0 Å². The zero-order valence-corrected chi connectivity index (χ0v) is 7.16. The fraction of sp³-hybridized carbons (Fsp3) is 0.111. The Hall–Kier alpha value is -1.84. The van der Waals surface area contributed by atoms with Crippen molar-refractivity contribution in [3.63, 3.8) is 0 Å². The number of nitrogens with zero attached hydrogens (tertiary/aromatic N) is 1. The number of hydrogen-bond acceptors (Lipinski definition) is 3. The highest BCUT2D eigenvalue weighted by Gasteiger charge is 2.01. The smallest absolute Gasteiger partial charge is 0.173 e. The van der Waals surface area contributed by atoms with E-state index in [9.17, 15) is 4.79 Å². The molecule has 1 aromatic rings. The minimum absolute atomic E-state index is 0.0131. The van der Waals surface area contributed by atoms with Crippen molar-refractivity contribution < 1.29 is 4.79 Å². The lowest BCUT2D eigenvalue weighted by atomic mass is 10.1. The molecule has 4 heteroatoms. The summed E-state index contributed by atoms with van der Waals surface area (Å²) in [5, 5.41) is 10.2. The molecule has 0 aliphatic carbocycles. The summed E-state index contributed by atoms with van der Waals surface area (Å²) >= 11 is 0. The van der Waals surface area contributed by atoms with Crippen LogP contribution in [-0.2, 0) is 0 Å². The number of amidine groups is 1. The summed E-state index contributed by atoms with van der Waals surface area (Å²) in [6.45, 7) is 1.48. The van der Waals surface area contributed by atoms with E-state index in [0.29, 0.717) is 11.1 Å². The molecule has 0 atom stereocenters. The number of hydrogen-bond donors (Lipinski definition) is 2. The van der Waals surface area contributed by atoms with Crippen molar-refractivity contribution in [2.75, 3.05) is 0 Å². The first-order valence-corrected chi connectivity index (χ1v) is 3.72. The van der Waals surface area contributed by atoms with Crippen molar-refractivity contribution in [1.82, 2.24) is 0 Å². The summed E-state index contributed by atoms with van der Waals surface area (Å²) in [6.07, 6.45) is 0. The van der Waals surface area contributed by atoms with Gasteiger partial charge in [0.2, 0.25) is 0 Å². The second-order valence-corrected chi connectivity index (χ2v) is 2.59.